The van der Waals surface area contributed by atoms with Crippen molar-refractivity contribution in [1.82, 2.24) is 19.9 Å². The van der Waals surface area contributed by atoms with Crippen molar-refractivity contribution in [1.29, 1.82) is 0 Å². The molecule has 2 rings (SSSR count). The molecule has 0 fully saturated rings. The molecule has 0 aliphatic rings. The normalized spacial score (nSPS) is 11.4. The standard InChI is InChI=1S/C15H21N5O3/c1-15(2,3)23-11(22)7-5-4-6-10(21)20-14-12-13(17-8-16-12)18-9-19-14/h8-9H,4-7H2,1-3H3,(H2,16,17,18,19,20,21). The van der Waals surface area contributed by atoms with Crippen molar-refractivity contribution in [3.8, 4) is 0 Å². The number of aromatic amines is 1. The van der Waals surface area contributed by atoms with Crippen LogP contribution in [0.2, 0.25) is 0 Å². The van der Waals surface area contributed by atoms with Crippen molar-refractivity contribution in [2.75, 3.05) is 5.32 Å². The van der Waals surface area contributed by atoms with Gasteiger partial charge < -0.3 is 15.0 Å². The molecule has 2 aromatic heterocycles. The molecule has 0 aromatic carbocycles. The molecule has 0 spiro atoms. The number of esters is 1. The number of nitrogens with one attached hydrogen (secondary N) is 2. The molecule has 0 unspecified atom stereocenters. The molecule has 2 aromatic rings. The maximum atomic E-state index is 11.9. The largest absolute Gasteiger partial charge is 0.460 e. The summed E-state index contributed by atoms with van der Waals surface area (Å²) in [6, 6.07) is 0. The third kappa shape index (κ3) is 5.32. The van der Waals surface area contributed by atoms with Crippen LogP contribution in [0, 0.1) is 0 Å². The van der Waals surface area contributed by atoms with Crippen LogP contribution >= 0.6 is 0 Å². The van der Waals surface area contributed by atoms with Gasteiger partial charge in [-0.25, -0.2) is 15.0 Å². The van der Waals surface area contributed by atoms with Crippen molar-refractivity contribution < 1.29 is 14.3 Å². The minimum absolute atomic E-state index is 0.163. The van der Waals surface area contributed by atoms with E-state index in [1.807, 2.05) is 20.8 Å². The summed E-state index contributed by atoms with van der Waals surface area (Å²) in [4.78, 5) is 38.4. The number of unbranched alkanes of at least 4 members (excludes halogenated alkanes) is 1. The van der Waals surface area contributed by atoms with Gasteiger partial charge >= 0.3 is 5.97 Å². The van der Waals surface area contributed by atoms with E-state index >= 15 is 0 Å². The van der Waals surface area contributed by atoms with Gasteiger partial charge in [0, 0.05) is 12.8 Å². The first-order valence-electron chi connectivity index (χ1n) is 7.51. The highest BCUT2D eigenvalue weighted by Gasteiger charge is 2.16. The summed E-state index contributed by atoms with van der Waals surface area (Å²) >= 11 is 0. The van der Waals surface area contributed by atoms with Crippen molar-refractivity contribution in [2.24, 2.45) is 0 Å². The van der Waals surface area contributed by atoms with Gasteiger partial charge in [0.1, 0.15) is 17.4 Å². The van der Waals surface area contributed by atoms with Crippen LogP contribution in [0.4, 0.5) is 5.82 Å². The van der Waals surface area contributed by atoms with Gasteiger partial charge in [0.15, 0.2) is 11.5 Å². The van der Waals surface area contributed by atoms with Crippen molar-refractivity contribution in [3.05, 3.63) is 12.7 Å². The number of fused-ring (bicyclic) bond motifs is 1. The molecule has 0 aliphatic carbocycles. The number of amides is 1. The molecule has 1 amide bonds. The van der Waals surface area contributed by atoms with Gasteiger partial charge in [-0.3, -0.25) is 9.59 Å². The summed E-state index contributed by atoms with van der Waals surface area (Å²) < 4.78 is 5.21. The SMILES string of the molecule is CC(C)(C)OC(=O)CCCCC(=O)Nc1ncnc2nc[nH]c12. The van der Waals surface area contributed by atoms with Crippen molar-refractivity contribution >= 4 is 28.9 Å². The predicted molar refractivity (Wildman–Crippen MR) is 84.6 cm³/mol. The molecule has 2 N–H and O–H groups in total. The van der Waals surface area contributed by atoms with Crippen LogP contribution in [0.1, 0.15) is 46.5 Å². The number of rotatable bonds is 6. The van der Waals surface area contributed by atoms with Crippen molar-refractivity contribution in [2.45, 2.75) is 52.1 Å². The lowest BCUT2D eigenvalue weighted by atomic mass is 10.1. The predicted octanol–water partition coefficient (Wildman–Crippen LogP) is 2.19. The van der Waals surface area contributed by atoms with E-state index in [4.69, 9.17) is 4.74 Å². The monoisotopic (exact) mass is 319 g/mol. The number of imidazole rings is 1. The summed E-state index contributed by atoms with van der Waals surface area (Å²) in [6.45, 7) is 5.49. The van der Waals surface area contributed by atoms with E-state index in [2.05, 4.69) is 25.3 Å². The molecule has 0 atom stereocenters. The lowest BCUT2D eigenvalue weighted by Crippen LogP contribution is -2.23. The van der Waals surface area contributed by atoms with E-state index < -0.39 is 5.60 Å². The van der Waals surface area contributed by atoms with E-state index in [-0.39, 0.29) is 11.9 Å². The fraction of sp³-hybridized carbons (Fsp3) is 0.533. The Morgan fingerprint density at radius 2 is 1.91 bits per heavy atom. The Bertz CT molecular complexity index is 690. The molecule has 23 heavy (non-hydrogen) atoms. The highest BCUT2D eigenvalue weighted by Crippen LogP contribution is 2.15. The number of nitrogens with zero attached hydrogens (tertiary/aromatic N) is 3. The van der Waals surface area contributed by atoms with E-state index in [1.54, 1.807) is 0 Å². The van der Waals surface area contributed by atoms with Crippen LogP contribution in [0.3, 0.4) is 0 Å². The highest BCUT2D eigenvalue weighted by atomic mass is 16.6. The maximum Gasteiger partial charge on any atom is 0.306 e. The summed E-state index contributed by atoms with van der Waals surface area (Å²) in [5.41, 5.74) is 0.617. The molecule has 8 heteroatoms. The number of hydrogen-bond donors (Lipinski definition) is 2. The van der Waals surface area contributed by atoms with Gasteiger partial charge in [0.25, 0.3) is 0 Å². The molecule has 0 bridgehead atoms. The van der Waals surface area contributed by atoms with Gasteiger partial charge in [-0.2, -0.15) is 0 Å². The second-order valence-corrected chi connectivity index (χ2v) is 6.17. The zero-order valence-corrected chi connectivity index (χ0v) is 13.5. The fourth-order valence-corrected chi connectivity index (χ4v) is 2.00. The summed E-state index contributed by atoms with van der Waals surface area (Å²) in [6.07, 6.45) is 4.66. The van der Waals surface area contributed by atoms with Crippen LogP contribution < -0.4 is 5.32 Å². The first-order valence-corrected chi connectivity index (χ1v) is 7.51. The second-order valence-electron chi connectivity index (χ2n) is 6.17. The van der Waals surface area contributed by atoms with E-state index in [0.29, 0.717) is 42.7 Å². The Hall–Kier alpha value is -2.51. The van der Waals surface area contributed by atoms with Gasteiger partial charge in [0.05, 0.1) is 6.33 Å². The topological polar surface area (TPSA) is 110 Å². The summed E-state index contributed by atoms with van der Waals surface area (Å²) in [7, 11) is 0. The summed E-state index contributed by atoms with van der Waals surface area (Å²) in [5, 5.41) is 2.72. The van der Waals surface area contributed by atoms with Crippen LogP contribution in [-0.2, 0) is 14.3 Å². The lowest BCUT2D eigenvalue weighted by molar-refractivity contribution is -0.155. The van der Waals surface area contributed by atoms with Gasteiger partial charge in [-0.1, -0.05) is 0 Å². The molecule has 0 saturated heterocycles. The van der Waals surface area contributed by atoms with E-state index in [1.165, 1.54) is 12.7 Å². The molecule has 0 saturated carbocycles. The average molecular weight is 319 g/mol. The number of carbonyl (C=O) groups is 2. The Morgan fingerprint density at radius 1 is 1.17 bits per heavy atom. The second kappa shape index (κ2) is 7.17. The third-order valence-electron chi connectivity index (χ3n) is 2.94. The number of hydrogen-bond acceptors (Lipinski definition) is 6. The summed E-state index contributed by atoms with van der Waals surface area (Å²) in [5.74, 6) is 0.00121. The minimum atomic E-state index is -0.475. The Labute approximate surface area is 134 Å². The van der Waals surface area contributed by atoms with Crippen LogP contribution in [-0.4, -0.2) is 37.4 Å². The Balaban J connectivity index is 1.74. The van der Waals surface area contributed by atoms with Gasteiger partial charge in [0.2, 0.25) is 5.91 Å². The van der Waals surface area contributed by atoms with E-state index in [9.17, 15) is 9.59 Å². The number of anilines is 1. The minimum Gasteiger partial charge on any atom is -0.460 e. The zero-order valence-electron chi connectivity index (χ0n) is 13.5. The average Bonchev–Trinajstić information content (AvgIpc) is 2.91. The number of ether oxygens (including phenoxy) is 1. The third-order valence-corrected chi connectivity index (χ3v) is 2.94. The van der Waals surface area contributed by atoms with Crippen LogP contribution in [0.15, 0.2) is 12.7 Å². The molecule has 124 valence electrons. The van der Waals surface area contributed by atoms with Crippen LogP contribution in [0.5, 0.6) is 0 Å². The molecule has 0 aliphatic heterocycles. The van der Waals surface area contributed by atoms with Gasteiger partial charge in [-0.15, -0.1) is 0 Å². The molecular weight excluding hydrogens is 298 g/mol. The smallest absolute Gasteiger partial charge is 0.306 e. The molecular formula is C15H21N5O3. The van der Waals surface area contributed by atoms with E-state index in [0.717, 1.165) is 0 Å². The number of H-pyrrole nitrogens is 1. The Kier molecular flexibility index (Phi) is 5.25. The lowest BCUT2D eigenvalue weighted by Gasteiger charge is -2.19. The van der Waals surface area contributed by atoms with Crippen LogP contribution in [0.25, 0.3) is 11.2 Å². The maximum absolute atomic E-state index is 11.9. The first-order chi connectivity index (χ1) is 10.8. The first kappa shape index (κ1) is 16.9. The Morgan fingerprint density at radius 3 is 2.65 bits per heavy atom. The number of carbonyl (C=O) groups excluding carboxylic acids is 2. The fourth-order valence-electron chi connectivity index (χ4n) is 2.00. The van der Waals surface area contributed by atoms with Gasteiger partial charge in [-0.05, 0) is 33.6 Å². The van der Waals surface area contributed by atoms with Crippen molar-refractivity contribution in [3.63, 3.8) is 0 Å². The zero-order chi connectivity index (χ0) is 16.9. The highest BCUT2D eigenvalue weighted by molar-refractivity contribution is 5.96. The molecule has 0 radical (unpaired) electrons. The molecule has 2 heterocycles. The number of aromatic nitrogens is 4. The molecule has 8 nitrogen and oxygen atoms in total. The quantitative estimate of drug-likeness (QED) is 0.624.